The Morgan fingerprint density at radius 2 is 1.70 bits per heavy atom. The van der Waals surface area contributed by atoms with Crippen molar-refractivity contribution in [1.29, 1.82) is 0 Å². The van der Waals surface area contributed by atoms with E-state index in [0.717, 1.165) is 0 Å². The van der Waals surface area contributed by atoms with Crippen molar-refractivity contribution >= 4 is 52.4 Å². The van der Waals surface area contributed by atoms with Gasteiger partial charge in [-0.1, -0.05) is 29.3 Å². The smallest absolute Gasteiger partial charge is 0.341 e. The first-order chi connectivity index (χ1) is 12.8. The van der Waals surface area contributed by atoms with Gasteiger partial charge in [0, 0.05) is 12.6 Å². The van der Waals surface area contributed by atoms with Crippen molar-refractivity contribution in [2.45, 2.75) is 6.92 Å². The van der Waals surface area contributed by atoms with E-state index >= 15 is 0 Å². The molecule has 2 N–H and O–H groups in total. The fourth-order valence-electron chi connectivity index (χ4n) is 2.17. The molecule has 2 aromatic rings. The molecule has 27 heavy (non-hydrogen) atoms. The quantitative estimate of drug-likeness (QED) is 0.707. The number of carbonyl (C=O) groups is 3. The number of methoxy groups -OCH3 is 1. The fourth-order valence-corrected chi connectivity index (χ4v) is 2.72. The highest BCUT2D eigenvalue weighted by Crippen LogP contribution is 2.28. The van der Waals surface area contributed by atoms with Crippen LogP contribution in [0, 0.1) is 0 Å². The normalized spacial score (nSPS) is 10.1. The van der Waals surface area contributed by atoms with E-state index in [1.54, 1.807) is 18.2 Å². The fraction of sp³-hybridized carbons (Fsp3) is 0.167. The second-order valence-electron chi connectivity index (χ2n) is 5.32. The molecule has 0 bridgehead atoms. The summed E-state index contributed by atoms with van der Waals surface area (Å²) in [6, 6.07) is 9.28. The zero-order valence-electron chi connectivity index (χ0n) is 14.5. The van der Waals surface area contributed by atoms with E-state index in [4.69, 9.17) is 32.7 Å². The SMILES string of the molecule is COc1ccc(NC(C)=O)cc1NC(=O)COC(=O)c1c(Cl)cccc1Cl. The highest BCUT2D eigenvalue weighted by Gasteiger charge is 2.18. The molecule has 0 fully saturated rings. The Balaban J connectivity index is 2.05. The molecule has 0 saturated heterocycles. The summed E-state index contributed by atoms with van der Waals surface area (Å²) in [5.41, 5.74) is 0.762. The van der Waals surface area contributed by atoms with Gasteiger partial charge < -0.3 is 20.1 Å². The molecular weight excluding hydrogens is 395 g/mol. The van der Waals surface area contributed by atoms with Crippen LogP contribution in [-0.2, 0) is 14.3 Å². The summed E-state index contributed by atoms with van der Waals surface area (Å²) in [4.78, 5) is 35.4. The Bertz CT molecular complexity index is 866. The Morgan fingerprint density at radius 3 is 2.30 bits per heavy atom. The van der Waals surface area contributed by atoms with Crippen LogP contribution in [0.3, 0.4) is 0 Å². The highest BCUT2D eigenvalue weighted by molar-refractivity contribution is 6.39. The third-order valence-electron chi connectivity index (χ3n) is 3.30. The average molecular weight is 411 g/mol. The molecule has 142 valence electrons. The molecule has 0 heterocycles. The lowest BCUT2D eigenvalue weighted by Gasteiger charge is -2.13. The Labute approximate surface area is 165 Å². The van der Waals surface area contributed by atoms with Crippen LogP contribution in [0.15, 0.2) is 36.4 Å². The summed E-state index contributed by atoms with van der Waals surface area (Å²) < 4.78 is 10.1. The summed E-state index contributed by atoms with van der Waals surface area (Å²) in [6.45, 7) is 0.801. The molecule has 2 aromatic carbocycles. The maximum atomic E-state index is 12.1. The maximum absolute atomic E-state index is 12.1. The number of hydrogen-bond donors (Lipinski definition) is 2. The van der Waals surface area contributed by atoms with E-state index in [9.17, 15) is 14.4 Å². The van der Waals surface area contributed by atoms with Gasteiger partial charge in [0.1, 0.15) is 5.75 Å². The Hall–Kier alpha value is -2.77. The molecule has 0 aliphatic heterocycles. The van der Waals surface area contributed by atoms with Crippen LogP contribution in [0.25, 0.3) is 0 Å². The number of nitrogens with one attached hydrogen (secondary N) is 2. The standard InChI is InChI=1S/C18H16Cl2N2O5/c1-10(23)21-11-6-7-15(26-2)14(8-11)22-16(24)9-27-18(25)17-12(19)4-3-5-13(17)20/h3-8H,9H2,1-2H3,(H,21,23)(H,22,24). The summed E-state index contributed by atoms with van der Waals surface area (Å²) in [7, 11) is 1.43. The van der Waals surface area contributed by atoms with Crippen molar-refractivity contribution in [1.82, 2.24) is 0 Å². The van der Waals surface area contributed by atoms with E-state index in [-0.39, 0.29) is 21.5 Å². The topological polar surface area (TPSA) is 93.7 Å². The number of hydrogen-bond acceptors (Lipinski definition) is 5. The number of rotatable bonds is 6. The van der Waals surface area contributed by atoms with Crippen LogP contribution >= 0.6 is 23.2 Å². The van der Waals surface area contributed by atoms with Gasteiger partial charge in [0.25, 0.3) is 5.91 Å². The minimum Gasteiger partial charge on any atom is -0.495 e. The van der Waals surface area contributed by atoms with Crippen LogP contribution in [0.1, 0.15) is 17.3 Å². The van der Waals surface area contributed by atoms with Gasteiger partial charge >= 0.3 is 5.97 Å². The number of benzene rings is 2. The summed E-state index contributed by atoms with van der Waals surface area (Å²) in [5.74, 6) is -1.31. The first-order valence-corrected chi connectivity index (χ1v) is 8.44. The third kappa shape index (κ3) is 5.60. The number of carbonyl (C=O) groups excluding carboxylic acids is 3. The predicted octanol–water partition coefficient (Wildman–Crippen LogP) is 3.76. The van der Waals surface area contributed by atoms with E-state index in [2.05, 4.69) is 10.6 Å². The van der Waals surface area contributed by atoms with Gasteiger partial charge in [0.2, 0.25) is 5.91 Å². The van der Waals surface area contributed by atoms with Crippen LogP contribution in [0.4, 0.5) is 11.4 Å². The van der Waals surface area contributed by atoms with Gasteiger partial charge in [0.05, 0.1) is 28.4 Å². The number of amides is 2. The second-order valence-corrected chi connectivity index (χ2v) is 6.13. The number of ether oxygens (including phenoxy) is 2. The van der Waals surface area contributed by atoms with Crippen molar-refractivity contribution < 1.29 is 23.9 Å². The van der Waals surface area contributed by atoms with Crippen LogP contribution < -0.4 is 15.4 Å². The molecule has 0 unspecified atom stereocenters. The van der Waals surface area contributed by atoms with E-state index in [1.165, 1.54) is 32.2 Å². The summed E-state index contributed by atoms with van der Waals surface area (Å²) in [5, 5.41) is 5.39. The minimum absolute atomic E-state index is 0.0149. The highest BCUT2D eigenvalue weighted by atomic mass is 35.5. The zero-order valence-corrected chi connectivity index (χ0v) is 16.0. The molecule has 2 amide bonds. The molecule has 7 nitrogen and oxygen atoms in total. The Morgan fingerprint density at radius 1 is 1.04 bits per heavy atom. The molecule has 0 spiro atoms. The van der Waals surface area contributed by atoms with E-state index in [1.807, 2.05) is 0 Å². The first kappa shape index (κ1) is 20.5. The van der Waals surface area contributed by atoms with Crippen LogP contribution in [0.5, 0.6) is 5.75 Å². The maximum Gasteiger partial charge on any atom is 0.341 e. The number of anilines is 2. The average Bonchev–Trinajstić information content (AvgIpc) is 2.59. The number of esters is 1. The summed E-state index contributed by atoms with van der Waals surface area (Å²) in [6.07, 6.45) is 0. The largest absolute Gasteiger partial charge is 0.495 e. The van der Waals surface area contributed by atoms with Crippen molar-refractivity contribution in [2.24, 2.45) is 0 Å². The van der Waals surface area contributed by atoms with Crippen molar-refractivity contribution in [2.75, 3.05) is 24.4 Å². The van der Waals surface area contributed by atoms with Crippen molar-refractivity contribution in [3.8, 4) is 5.75 Å². The molecule has 0 aromatic heterocycles. The lowest BCUT2D eigenvalue weighted by molar-refractivity contribution is -0.119. The van der Waals surface area contributed by atoms with Gasteiger partial charge in [-0.25, -0.2) is 4.79 Å². The van der Waals surface area contributed by atoms with Gasteiger partial charge in [-0.3, -0.25) is 9.59 Å². The predicted molar refractivity (Wildman–Crippen MR) is 103 cm³/mol. The van der Waals surface area contributed by atoms with Crippen molar-refractivity contribution in [3.63, 3.8) is 0 Å². The van der Waals surface area contributed by atoms with Gasteiger partial charge in [-0.2, -0.15) is 0 Å². The summed E-state index contributed by atoms with van der Waals surface area (Å²) >= 11 is 11.9. The first-order valence-electron chi connectivity index (χ1n) is 7.68. The molecule has 0 radical (unpaired) electrons. The van der Waals surface area contributed by atoms with Crippen molar-refractivity contribution in [3.05, 3.63) is 52.0 Å². The zero-order chi connectivity index (χ0) is 20.0. The third-order valence-corrected chi connectivity index (χ3v) is 3.93. The minimum atomic E-state index is -0.820. The molecule has 0 saturated carbocycles. The molecule has 9 heteroatoms. The van der Waals surface area contributed by atoms with E-state index < -0.39 is 18.5 Å². The molecule has 0 aliphatic rings. The lowest BCUT2D eigenvalue weighted by atomic mass is 10.2. The monoisotopic (exact) mass is 410 g/mol. The molecule has 0 aliphatic carbocycles. The van der Waals surface area contributed by atoms with Crippen LogP contribution in [0.2, 0.25) is 10.0 Å². The second kappa shape index (κ2) is 9.25. The number of halogens is 2. The van der Waals surface area contributed by atoms with Gasteiger partial charge in [0.15, 0.2) is 6.61 Å². The molecular formula is C18H16Cl2N2O5. The Kier molecular flexibility index (Phi) is 7.04. The van der Waals surface area contributed by atoms with E-state index in [0.29, 0.717) is 17.1 Å². The van der Waals surface area contributed by atoms with Gasteiger partial charge in [-0.15, -0.1) is 0 Å². The van der Waals surface area contributed by atoms with Crippen LogP contribution in [-0.4, -0.2) is 31.5 Å². The molecule has 2 rings (SSSR count). The lowest BCUT2D eigenvalue weighted by Crippen LogP contribution is -2.21. The van der Waals surface area contributed by atoms with Gasteiger partial charge in [-0.05, 0) is 30.3 Å². The molecule has 0 atom stereocenters.